The molecule has 72 valence electrons. The topological polar surface area (TPSA) is 32.3 Å². The van der Waals surface area contributed by atoms with Gasteiger partial charge in [0.25, 0.3) is 0 Å². The van der Waals surface area contributed by atoms with E-state index in [2.05, 4.69) is 5.32 Å². The van der Waals surface area contributed by atoms with Crippen molar-refractivity contribution < 1.29 is 5.11 Å². The van der Waals surface area contributed by atoms with Gasteiger partial charge in [-0.15, -0.1) is 0 Å². The summed E-state index contributed by atoms with van der Waals surface area (Å²) >= 11 is 0. The molecule has 2 heteroatoms. The summed E-state index contributed by atoms with van der Waals surface area (Å²) in [4.78, 5) is 0. The molecule has 1 saturated carbocycles. The van der Waals surface area contributed by atoms with Crippen LogP contribution >= 0.6 is 0 Å². The zero-order valence-corrected chi connectivity index (χ0v) is 8.27. The first kappa shape index (κ1) is 10.0. The van der Waals surface area contributed by atoms with Gasteiger partial charge in [0, 0.05) is 0 Å². The van der Waals surface area contributed by atoms with E-state index >= 15 is 0 Å². The molecule has 1 rings (SSSR count). The predicted molar refractivity (Wildman–Crippen MR) is 51.1 cm³/mol. The first-order chi connectivity index (χ1) is 5.58. The fourth-order valence-electron chi connectivity index (χ4n) is 1.23. The van der Waals surface area contributed by atoms with Crippen molar-refractivity contribution in [1.29, 1.82) is 0 Å². The van der Waals surface area contributed by atoms with Gasteiger partial charge in [-0.05, 0) is 45.7 Å². The Kier molecular flexibility index (Phi) is 3.53. The Bertz CT molecular complexity index is 124. The summed E-state index contributed by atoms with van der Waals surface area (Å²) in [6, 6.07) is 0. The smallest absolute Gasteiger partial charge is 0.0603 e. The van der Waals surface area contributed by atoms with Crippen molar-refractivity contribution in [3.05, 3.63) is 0 Å². The third-order valence-corrected chi connectivity index (χ3v) is 2.34. The fraction of sp³-hybridized carbons (Fsp3) is 1.00. The zero-order valence-electron chi connectivity index (χ0n) is 8.27. The largest absolute Gasteiger partial charge is 0.390 e. The van der Waals surface area contributed by atoms with Crippen LogP contribution in [-0.4, -0.2) is 23.8 Å². The summed E-state index contributed by atoms with van der Waals surface area (Å²) in [5.41, 5.74) is -0.507. The molecule has 0 bridgehead atoms. The highest BCUT2D eigenvalue weighted by molar-refractivity contribution is 4.74. The van der Waals surface area contributed by atoms with Crippen LogP contribution in [-0.2, 0) is 0 Å². The first-order valence-corrected chi connectivity index (χ1v) is 5.01. The first-order valence-electron chi connectivity index (χ1n) is 5.01. The maximum atomic E-state index is 9.40. The van der Waals surface area contributed by atoms with Crippen LogP contribution in [0.15, 0.2) is 0 Å². The maximum Gasteiger partial charge on any atom is 0.0603 e. The van der Waals surface area contributed by atoms with Crippen LogP contribution in [0, 0.1) is 5.92 Å². The number of aliphatic hydroxyl groups is 1. The van der Waals surface area contributed by atoms with Crippen LogP contribution in [0.4, 0.5) is 0 Å². The average Bonchev–Trinajstić information content (AvgIpc) is 2.68. The minimum atomic E-state index is -0.507. The molecular formula is C10H21NO. The lowest BCUT2D eigenvalue weighted by Gasteiger charge is -2.16. The predicted octanol–water partition coefficient (Wildman–Crippen LogP) is 1.54. The van der Waals surface area contributed by atoms with Gasteiger partial charge in [0.15, 0.2) is 0 Å². The summed E-state index contributed by atoms with van der Waals surface area (Å²) < 4.78 is 0. The minimum absolute atomic E-state index is 0.507. The van der Waals surface area contributed by atoms with E-state index in [9.17, 15) is 5.11 Å². The Morgan fingerprint density at radius 1 is 1.33 bits per heavy atom. The molecule has 0 atom stereocenters. The molecule has 1 aliphatic carbocycles. The van der Waals surface area contributed by atoms with Crippen molar-refractivity contribution in [3.8, 4) is 0 Å². The van der Waals surface area contributed by atoms with Crippen LogP contribution in [0.2, 0.25) is 0 Å². The van der Waals surface area contributed by atoms with E-state index in [1.165, 1.54) is 19.3 Å². The van der Waals surface area contributed by atoms with Crippen molar-refractivity contribution in [1.82, 2.24) is 5.32 Å². The summed E-state index contributed by atoms with van der Waals surface area (Å²) in [7, 11) is 0. The number of rotatable bonds is 6. The van der Waals surface area contributed by atoms with E-state index < -0.39 is 5.60 Å². The number of nitrogens with one attached hydrogen (secondary N) is 1. The van der Waals surface area contributed by atoms with E-state index in [1.807, 2.05) is 13.8 Å². The molecule has 0 heterocycles. The molecule has 0 amide bonds. The quantitative estimate of drug-likeness (QED) is 0.594. The Labute approximate surface area is 75.4 Å². The Morgan fingerprint density at radius 2 is 2.00 bits per heavy atom. The normalized spacial score (nSPS) is 18.2. The molecule has 0 aromatic heterocycles. The van der Waals surface area contributed by atoms with Crippen molar-refractivity contribution in [2.24, 2.45) is 5.92 Å². The standard InChI is InChI=1S/C10H21NO/c1-10(2,12)6-8-11-7-5-9-3-4-9/h9,11-12H,3-8H2,1-2H3. The van der Waals surface area contributed by atoms with E-state index in [0.29, 0.717) is 0 Å². The van der Waals surface area contributed by atoms with Gasteiger partial charge in [-0.3, -0.25) is 0 Å². The van der Waals surface area contributed by atoms with Crippen LogP contribution < -0.4 is 5.32 Å². The second kappa shape index (κ2) is 4.24. The molecule has 0 radical (unpaired) electrons. The lowest BCUT2D eigenvalue weighted by molar-refractivity contribution is 0.0712. The molecule has 0 aromatic carbocycles. The third kappa shape index (κ3) is 5.56. The summed E-state index contributed by atoms with van der Waals surface area (Å²) in [5, 5.41) is 12.8. The third-order valence-electron chi connectivity index (χ3n) is 2.34. The van der Waals surface area contributed by atoms with Crippen molar-refractivity contribution in [2.75, 3.05) is 13.1 Å². The van der Waals surface area contributed by atoms with Gasteiger partial charge >= 0.3 is 0 Å². The van der Waals surface area contributed by atoms with Gasteiger partial charge < -0.3 is 10.4 Å². The zero-order chi connectivity index (χ0) is 9.03. The molecule has 2 nitrogen and oxygen atoms in total. The molecule has 0 unspecified atom stereocenters. The van der Waals surface area contributed by atoms with Gasteiger partial charge in [0.2, 0.25) is 0 Å². The molecule has 0 aliphatic heterocycles. The van der Waals surface area contributed by atoms with E-state index in [1.54, 1.807) is 0 Å². The Hall–Kier alpha value is -0.0800. The second-order valence-corrected chi connectivity index (χ2v) is 4.54. The minimum Gasteiger partial charge on any atom is -0.390 e. The van der Waals surface area contributed by atoms with E-state index in [-0.39, 0.29) is 0 Å². The molecular weight excluding hydrogens is 150 g/mol. The molecule has 0 saturated heterocycles. The highest BCUT2D eigenvalue weighted by Gasteiger charge is 2.20. The Balaban J connectivity index is 1.82. The summed E-state index contributed by atoms with van der Waals surface area (Å²) in [6.45, 7) is 5.78. The van der Waals surface area contributed by atoms with Crippen molar-refractivity contribution in [3.63, 3.8) is 0 Å². The Morgan fingerprint density at radius 3 is 2.50 bits per heavy atom. The number of hydrogen-bond donors (Lipinski definition) is 2. The van der Waals surface area contributed by atoms with Gasteiger partial charge in [0.1, 0.15) is 0 Å². The second-order valence-electron chi connectivity index (χ2n) is 4.54. The SMILES string of the molecule is CC(C)(O)CCNCCC1CC1. The van der Waals surface area contributed by atoms with Crippen molar-refractivity contribution >= 4 is 0 Å². The van der Waals surface area contributed by atoms with Gasteiger partial charge in [0.05, 0.1) is 5.60 Å². The lowest BCUT2D eigenvalue weighted by atomic mass is 10.1. The fourth-order valence-corrected chi connectivity index (χ4v) is 1.23. The van der Waals surface area contributed by atoms with Crippen LogP contribution in [0.3, 0.4) is 0 Å². The molecule has 2 N–H and O–H groups in total. The van der Waals surface area contributed by atoms with E-state index in [0.717, 1.165) is 25.4 Å². The van der Waals surface area contributed by atoms with E-state index in [4.69, 9.17) is 0 Å². The summed E-state index contributed by atoms with van der Waals surface area (Å²) in [5.74, 6) is 1.01. The molecule has 0 aromatic rings. The molecule has 0 spiro atoms. The van der Waals surface area contributed by atoms with Crippen LogP contribution in [0.1, 0.15) is 39.5 Å². The van der Waals surface area contributed by atoms with Gasteiger partial charge in [-0.25, -0.2) is 0 Å². The maximum absolute atomic E-state index is 9.40. The highest BCUT2D eigenvalue weighted by Crippen LogP contribution is 2.31. The number of hydrogen-bond acceptors (Lipinski definition) is 2. The monoisotopic (exact) mass is 171 g/mol. The summed E-state index contributed by atoms with van der Waals surface area (Å²) in [6.07, 6.45) is 5.05. The average molecular weight is 171 g/mol. The van der Waals surface area contributed by atoms with Gasteiger partial charge in [-0.1, -0.05) is 12.8 Å². The molecule has 12 heavy (non-hydrogen) atoms. The van der Waals surface area contributed by atoms with Crippen LogP contribution in [0.25, 0.3) is 0 Å². The molecule has 1 fully saturated rings. The lowest BCUT2D eigenvalue weighted by Crippen LogP contribution is -2.27. The molecule has 1 aliphatic rings. The van der Waals surface area contributed by atoms with Crippen LogP contribution in [0.5, 0.6) is 0 Å². The van der Waals surface area contributed by atoms with Crippen molar-refractivity contribution in [2.45, 2.75) is 45.1 Å². The van der Waals surface area contributed by atoms with Gasteiger partial charge in [-0.2, -0.15) is 0 Å². The highest BCUT2D eigenvalue weighted by atomic mass is 16.3.